The van der Waals surface area contributed by atoms with E-state index in [1.54, 1.807) is 13.2 Å². The van der Waals surface area contributed by atoms with Gasteiger partial charge in [0.05, 0.1) is 25.4 Å². The van der Waals surface area contributed by atoms with Crippen LogP contribution in [0.1, 0.15) is 36.7 Å². The Morgan fingerprint density at radius 2 is 1.69 bits per heavy atom. The highest BCUT2D eigenvalue weighted by Crippen LogP contribution is 2.33. The van der Waals surface area contributed by atoms with Crippen molar-refractivity contribution < 1.29 is 19.0 Å². The van der Waals surface area contributed by atoms with Crippen LogP contribution in [0.5, 0.6) is 0 Å². The summed E-state index contributed by atoms with van der Waals surface area (Å²) in [5, 5.41) is 5.22. The fraction of sp³-hybridized carbons (Fsp3) is 0.345. The number of hydrogen-bond acceptors (Lipinski definition) is 6. The summed E-state index contributed by atoms with van der Waals surface area (Å²) < 4.78 is 17.3. The number of carbonyl (C=O) groups is 1. The number of carbonyl (C=O) groups excluding carboxylic acids is 1. The van der Waals surface area contributed by atoms with E-state index in [0.717, 1.165) is 37.9 Å². The topological polar surface area (TPSA) is 60.0 Å². The van der Waals surface area contributed by atoms with Gasteiger partial charge in [-0.15, -0.1) is 0 Å². The molecule has 36 heavy (non-hydrogen) atoms. The van der Waals surface area contributed by atoms with Gasteiger partial charge in [-0.25, -0.2) is 4.79 Å². The molecule has 0 bridgehead atoms. The Morgan fingerprint density at radius 1 is 1.00 bits per heavy atom. The second-order valence-corrected chi connectivity index (χ2v) is 10.4. The molecule has 3 aromatic rings. The molecule has 3 aromatic carbocycles. The zero-order valence-corrected chi connectivity index (χ0v) is 23.3. The molecule has 192 valence electrons. The van der Waals surface area contributed by atoms with Crippen molar-refractivity contribution in [3.63, 3.8) is 0 Å². The van der Waals surface area contributed by atoms with Crippen molar-refractivity contribution in [1.82, 2.24) is 0 Å². The second-order valence-electron chi connectivity index (χ2n) is 9.50. The van der Waals surface area contributed by atoms with E-state index in [9.17, 15) is 4.79 Å². The van der Waals surface area contributed by atoms with Crippen molar-refractivity contribution in [3.8, 4) is 0 Å². The summed E-state index contributed by atoms with van der Waals surface area (Å²) in [6, 6.07) is 17.6. The minimum atomic E-state index is -0.567. The van der Waals surface area contributed by atoms with Crippen molar-refractivity contribution in [2.45, 2.75) is 26.4 Å². The van der Waals surface area contributed by atoms with E-state index < -0.39 is 5.60 Å². The molecule has 0 aliphatic carbocycles. The van der Waals surface area contributed by atoms with Gasteiger partial charge in [-0.2, -0.15) is 0 Å². The Labute approximate surface area is 222 Å². The van der Waals surface area contributed by atoms with Crippen molar-refractivity contribution in [1.29, 1.82) is 0 Å². The highest BCUT2D eigenvalue weighted by atomic mass is 79.9. The number of halogens is 1. The number of hydrogen-bond donors (Lipinski definition) is 1. The van der Waals surface area contributed by atoms with Crippen LogP contribution in [0.2, 0.25) is 0 Å². The fourth-order valence-electron chi connectivity index (χ4n) is 3.79. The molecule has 7 heteroatoms. The summed E-state index contributed by atoms with van der Waals surface area (Å²) in [6.45, 7) is 12.4. The number of ether oxygens (including phenoxy) is 3. The summed E-state index contributed by atoms with van der Waals surface area (Å²) in [6.07, 6.45) is 0. The van der Waals surface area contributed by atoms with Gasteiger partial charge < -0.3 is 24.4 Å². The maximum atomic E-state index is 12.8. The van der Waals surface area contributed by atoms with E-state index >= 15 is 0 Å². The SMILES string of the molecule is C=C(Nc1ccc(C(=O)OC(C)(C)C)c2ccccc12)c1ccc(Br)cc1N(C)CCOCCOC. The molecule has 0 saturated heterocycles. The molecule has 0 amide bonds. The van der Waals surface area contributed by atoms with Crippen molar-refractivity contribution in [2.24, 2.45) is 0 Å². The maximum absolute atomic E-state index is 12.8. The Morgan fingerprint density at radius 3 is 2.39 bits per heavy atom. The van der Waals surface area contributed by atoms with Crippen LogP contribution in [0.4, 0.5) is 11.4 Å². The van der Waals surface area contributed by atoms with Crippen molar-refractivity contribution in [3.05, 3.63) is 76.8 Å². The normalized spacial score (nSPS) is 11.4. The van der Waals surface area contributed by atoms with Gasteiger partial charge in [-0.1, -0.05) is 46.8 Å². The van der Waals surface area contributed by atoms with E-state index in [-0.39, 0.29) is 5.97 Å². The Bertz CT molecular complexity index is 1220. The summed E-state index contributed by atoms with van der Waals surface area (Å²) in [5.74, 6) is -0.339. The first-order valence-electron chi connectivity index (χ1n) is 11.9. The predicted molar refractivity (Wildman–Crippen MR) is 152 cm³/mol. The van der Waals surface area contributed by atoms with Gasteiger partial charge in [-0.05, 0) is 56.5 Å². The molecule has 0 unspecified atom stereocenters. The lowest BCUT2D eigenvalue weighted by atomic mass is 10.0. The number of rotatable bonds is 11. The van der Waals surface area contributed by atoms with Crippen LogP contribution < -0.4 is 10.2 Å². The first-order valence-corrected chi connectivity index (χ1v) is 12.7. The van der Waals surface area contributed by atoms with Crippen molar-refractivity contribution in [2.75, 3.05) is 50.7 Å². The van der Waals surface area contributed by atoms with E-state index in [4.69, 9.17) is 14.2 Å². The summed E-state index contributed by atoms with van der Waals surface area (Å²) in [4.78, 5) is 15.0. The lowest BCUT2D eigenvalue weighted by molar-refractivity contribution is 0.00718. The molecular weight excluding hydrogens is 520 g/mol. The molecule has 0 saturated carbocycles. The van der Waals surface area contributed by atoms with Crippen LogP contribution in [-0.4, -0.2) is 52.1 Å². The highest BCUT2D eigenvalue weighted by Gasteiger charge is 2.21. The highest BCUT2D eigenvalue weighted by molar-refractivity contribution is 9.10. The van der Waals surface area contributed by atoms with Crippen LogP contribution in [0.3, 0.4) is 0 Å². The van der Waals surface area contributed by atoms with Crippen LogP contribution in [0.15, 0.2) is 65.6 Å². The van der Waals surface area contributed by atoms with E-state index in [2.05, 4.69) is 38.8 Å². The third kappa shape index (κ3) is 7.32. The number of methoxy groups -OCH3 is 1. The van der Waals surface area contributed by atoms with Crippen molar-refractivity contribution >= 4 is 49.7 Å². The molecular formula is C29H35BrN2O4. The third-order valence-electron chi connectivity index (χ3n) is 5.53. The number of benzene rings is 3. The van der Waals surface area contributed by atoms with Gasteiger partial charge in [0.2, 0.25) is 0 Å². The molecule has 0 radical (unpaired) electrons. The van der Waals surface area contributed by atoms with Gasteiger partial charge in [0.15, 0.2) is 0 Å². The number of fused-ring (bicyclic) bond motifs is 1. The number of likely N-dealkylation sites (N-methyl/N-ethyl adjacent to an activating group) is 1. The minimum Gasteiger partial charge on any atom is -0.456 e. The number of nitrogens with one attached hydrogen (secondary N) is 1. The van der Waals surface area contributed by atoms with Crippen LogP contribution >= 0.6 is 15.9 Å². The average Bonchev–Trinajstić information content (AvgIpc) is 2.82. The summed E-state index contributed by atoms with van der Waals surface area (Å²) in [7, 11) is 3.69. The fourth-order valence-corrected chi connectivity index (χ4v) is 4.14. The summed E-state index contributed by atoms with van der Waals surface area (Å²) >= 11 is 3.59. The molecule has 0 spiro atoms. The van der Waals surface area contributed by atoms with Gasteiger partial charge in [0.25, 0.3) is 0 Å². The standard InChI is InChI=1S/C29H35BrN2O4/c1-20(22-12-11-21(30)19-27(22)32(5)15-16-35-18-17-34-6)31-26-14-13-25(28(33)36-29(2,3)4)23-9-7-8-10-24(23)26/h7-14,19,31H,1,15-18H2,2-6H3. The first kappa shape index (κ1) is 27.7. The average molecular weight is 556 g/mol. The van der Waals surface area contributed by atoms with Crippen LogP contribution in [0.25, 0.3) is 16.5 Å². The monoisotopic (exact) mass is 554 g/mol. The predicted octanol–water partition coefficient (Wildman–Crippen LogP) is 6.74. The molecule has 0 aliphatic rings. The quantitative estimate of drug-likeness (QED) is 0.209. The van der Waals surface area contributed by atoms with Gasteiger partial charge in [0.1, 0.15) is 5.60 Å². The molecule has 0 fully saturated rings. The Balaban J connectivity index is 1.86. The number of nitrogens with zero attached hydrogens (tertiary/aromatic N) is 1. The second kappa shape index (κ2) is 12.4. The lowest BCUT2D eigenvalue weighted by Crippen LogP contribution is -2.24. The van der Waals surface area contributed by atoms with Crippen LogP contribution in [-0.2, 0) is 14.2 Å². The van der Waals surface area contributed by atoms with E-state index in [1.807, 2.05) is 70.3 Å². The molecule has 6 nitrogen and oxygen atoms in total. The first-order chi connectivity index (χ1) is 17.1. The maximum Gasteiger partial charge on any atom is 0.339 e. The van der Waals surface area contributed by atoms with E-state index in [0.29, 0.717) is 31.9 Å². The van der Waals surface area contributed by atoms with Gasteiger partial charge in [-0.3, -0.25) is 0 Å². The van der Waals surface area contributed by atoms with Crippen LogP contribution in [0, 0.1) is 0 Å². The molecule has 0 aromatic heterocycles. The van der Waals surface area contributed by atoms with Gasteiger partial charge >= 0.3 is 5.97 Å². The Kier molecular flexibility index (Phi) is 9.54. The third-order valence-corrected chi connectivity index (χ3v) is 6.02. The zero-order valence-electron chi connectivity index (χ0n) is 21.7. The smallest absolute Gasteiger partial charge is 0.339 e. The largest absolute Gasteiger partial charge is 0.456 e. The molecule has 0 atom stereocenters. The van der Waals surface area contributed by atoms with E-state index in [1.165, 1.54) is 0 Å². The molecule has 0 aliphatic heterocycles. The molecule has 0 heterocycles. The number of esters is 1. The molecule has 3 rings (SSSR count). The summed E-state index contributed by atoms with van der Waals surface area (Å²) in [5.41, 5.74) is 3.57. The number of anilines is 2. The Hall–Kier alpha value is -2.87. The zero-order chi connectivity index (χ0) is 26.3. The lowest BCUT2D eigenvalue weighted by Gasteiger charge is -2.24. The molecule has 1 N–H and O–H groups in total. The minimum absolute atomic E-state index is 0.339. The van der Waals surface area contributed by atoms with Gasteiger partial charge in [0, 0.05) is 53.2 Å².